The van der Waals surface area contributed by atoms with Gasteiger partial charge in [-0.2, -0.15) is 0 Å². The molecule has 0 radical (unpaired) electrons. The van der Waals surface area contributed by atoms with E-state index in [1.807, 2.05) is 25.1 Å². The summed E-state index contributed by atoms with van der Waals surface area (Å²) >= 11 is 0. The van der Waals surface area contributed by atoms with Crippen LogP contribution in [0.5, 0.6) is 0 Å². The van der Waals surface area contributed by atoms with Crippen molar-refractivity contribution in [3.05, 3.63) is 35.9 Å². The lowest BCUT2D eigenvalue weighted by atomic mass is 10.0. The van der Waals surface area contributed by atoms with Crippen LogP contribution >= 0.6 is 0 Å². The predicted molar refractivity (Wildman–Crippen MR) is 111 cm³/mol. The summed E-state index contributed by atoms with van der Waals surface area (Å²) in [5.41, 5.74) is 1.20. The molecule has 6 heteroatoms. The van der Waals surface area contributed by atoms with Crippen LogP contribution in [-0.4, -0.2) is 66.9 Å². The fourth-order valence-corrected chi connectivity index (χ4v) is 3.72. The van der Waals surface area contributed by atoms with Crippen LogP contribution in [0.15, 0.2) is 30.3 Å². The Morgan fingerprint density at radius 2 is 1.50 bits per heavy atom. The van der Waals surface area contributed by atoms with Crippen LogP contribution in [-0.2, 0) is 9.59 Å². The summed E-state index contributed by atoms with van der Waals surface area (Å²) in [6.07, 6.45) is 3.33. The van der Waals surface area contributed by atoms with Gasteiger partial charge in [0.1, 0.15) is 0 Å². The average molecular weight is 387 g/mol. The number of nitrogens with one attached hydrogen (secondary N) is 2. The fraction of sp³-hybridized carbons (Fsp3) is 0.636. The molecule has 2 atom stereocenters. The highest BCUT2D eigenvalue weighted by atomic mass is 16.2. The van der Waals surface area contributed by atoms with E-state index in [0.29, 0.717) is 19.0 Å². The normalized spacial score (nSPS) is 20.4. The van der Waals surface area contributed by atoms with Gasteiger partial charge in [-0.05, 0) is 37.7 Å². The number of benzene rings is 1. The van der Waals surface area contributed by atoms with Gasteiger partial charge < -0.3 is 10.6 Å². The van der Waals surface area contributed by atoms with E-state index >= 15 is 0 Å². The second kappa shape index (κ2) is 10.0. The Balaban J connectivity index is 1.40. The number of piperazine rings is 1. The summed E-state index contributed by atoms with van der Waals surface area (Å²) in [6.45, 7) is 8.27. The van der Waals surface area contributed by atoms with E-state index in [1.54, 1.807) is 0 Å². The topological polar surface area (TPSA) is 64.7 Å². The van der Waals surface area contributed by atoms with E-state index in [2.05, 4.69) is 39.5 Å². The number of carbonyl (C=O) groups is 2. The summed E-state index contributed by atoms with van der Waals surface area (Å²) in [4.78, 5) is 29.0. The molecule has 1 aliphatic heterocycles. The molecule has 28 heavy (non-hydrogen) atoms. The Morgan fingerprint density at radius 3 is 2.00 bits per heavy atom. The maximum Gasteiger partial charge on any atom is 0.234 e. The van der Waals surface area contributed by atoms with Crippen LogP contribution in [0.4, 0.5) is 0 Å². The summed E-state index contributed by atoms with van der Waals surface area (Å²) in [7, 11) is 0. The van der Waals surface area contributed by atoms with Crippen LogP contribution in [0.25, 0.3) is 0 Å². The van der Waals surface area contributed by atoms with Gasteiger partial charge in [-0.25, -0.2) is 0 Å². The van der Waals surface area contributed by atoms with Gasteiger partial charge in [0.05, 0.1) is 19.1 Å². The zero-order valence-corrected chi connectivity index (χ0v) is 17.2. The van der Waals surface area contributed by atoms with Crippen molar-refractivity contribution in [3.63, 3.8) is 0 Å². The van der Waals surface area contributed by atoms with Gasteiger partial charge in [-0.3, -0.25) is 19.4 Å². The molecule has 6 nitrogen and oxygen atoms in total. The van der Waals surface area contributed by atoms with E-state index in [1.165, 1.54) is 18.4 Å². The highest BCUT2D eigenvalue weighted by Gasteiger charge is 2.33. The van der Waals surface area contributed by atoms with Crippen molar-refractivity contribution in [2.75, 3.05) is 39.3 Å². The lowest BCUT2D eigenvalue weighted by molar-refractivity contribution is -0.125. The van der Waals surface area contributed by atoms with Crippen molar-refractivity contribution < 1.29 is 9.59 Å². The summed E-state index contributed by atoms with van der Waals surface area (Å²) in [5, 5.41) is 6.27. The number of rotatable bonds is 9. The maximum absolute atomic E-state index is 12.6. The third-order valence-electron chi connectivity index (χ3n) is 5.79. The van der Waals surface area contributed by atoms with Crippen LogP contribution in [0.1, 0.15) is 44.7 Å². The second-order valence-electron chi connectivity index (χ2n) is 8.22. The van der Waals surface area contributed by atoms with Crippen molar-refractivity contribution in [2.24, 2.45) is 5.92 Å². The Morgan fingerprint density at radius 1 is 0.964 bits per heavy atom. The van der Waals surface area contributed by atoms with Crippen molar-refractivity contribution in [1.29, 1.82) is 0 Å². The van der Waals surface area contributed by atoms with Crippen LogP contribution < -0.4 is 10.6 Å². The number of nitrogens with zero attached hydrogens (tertiary/aromatic N) is 2. The van der Waals surface area contributed by atoms with Gasteiger partial charge in [-0.15, -0.1) is 0 Å². The third-order valence-corrected chi connectivity index (χ3v) is 5.79. The molecule has 0 aromatic heterocycles. The second-order valence-corrected chi connectivity index (χ2v) is 8.22. The molecular formula is C22H34N4O2. The van der Waals surface area contributed by atoms with Gasteiger partial charge in [0.25, 0.3) is 0 Å². The molecule has 1 aromatic rings. The van der Waals surface area contributed by atoms with Gasteiger partial charge >= 0.3 is 0 Å². The number of hydrogen-bond acceptors (Lipinski definition) is 4. The largest absolute Gasteiger partial charge is 0.353 e. The predicted octanol–water partition coefficient (Wildman–Crippen LogP) is 1.79. The minimum atomic E-state index is 0.0932. The SMILES string of the molecule is CCC(C)NC(=O)CN1CCN(CC(=O)NC(c2ccccc2)C2CC2)CC1. The number of carbonyl (C=O) groups excluding carboxylic acids is 2. The van der Waals surface area contributed by atoms with Crippen molar-refractivity contribution in [3.8, 4) is 0 Å². The van der Waals surface area contributed by atoms with Gasteiger partial charge in [0.2, 0.25) is 11.8 Å². The van der Waals surface area contributed by atoms with E-state index in [9.17, 15) is 9.59 Å². The summed E-state index contributed by atoms with van der Waals surface area (Å²) in [6, 6.07) is 10.7. The molecule has 3 rings (SSSR count). The zero-order chi connectivity index (χ0) is 19.9. The minimum Gasteiger partial charge on any atom is -0.353 e. The molecule has 1 aromatic carbocycles. The molecule has 2 unspecified atom stereocenters. The summed E-state index contributed by atoms with van der Waals surface area (Å²) < 4.78 is 0. The van der Waals surface area contributed by atoms with Gasteiger partial charge in [0, 0.05) is 32.2 Å². The van der Waals surface area contributed by atoms with Crippen LogP contribution in [0.2, 0.25) is 0 Å². The van der Waals surface area contributed by atoms with Crippen molar-refractivity contribution >= 4 is 11.8 Å². The van der Waals surface area contributed by atoms with Gasteiger partial charge in [0.15, 0.2) is 0 Å². The van der Waals surface area contributed by atoms with E-state index < -0.39 is 0 Å². The fourth-order valence-electron chi connectivity index (χ4n) is 3.72. The first kappa shape index (κ1) is 20.8. The van der Waals surface area contributed by atoms with E-state index in [-0.39, 0.29) is 23.9 Å². The summed E-state index contributed by atoms with van der Waals surface area (Å²) in [5.74, 6) is 0.770. The molecule has 1 aliphatic carbocycles. The quantitative estimate of drug-likeness (QED) is 0.679. The monoisotopic (exact) mass is 386 g/mol. The average Bonchev–Trinajstić information content (AvgIpc) is 3.53. The number of hydrogen-bond donors (Lipinski definition) is 2. The highest BCUT2D eigenvalue weighted by Crippen LogP contribution is 2.40. The molecule has 2 amide bonds. The Hall–Kier alpha value is -1.92. The highest BCUT2D eigenvalue weighted by molar-refractivity contribution is 5.79. The molecule has 2 aliphatic rings. The first-order valence-electron chi connectivity index (χ1n) is 10.6. The van der Waals surface area contributed by atoms with E-state index in [4.69, 9.17) is 0 Å². The minimum absolute atomic E-state index is 0.0932. The number of amides is 2. The van der Waals surface area contributed by atoms with Crippen LogP contribution in [0.3, 0.4) is 0 Å². The molecule has 2 fully saturated rings. The lowest BCUT2D eigenvalue weighted by Gasteiger charge is -2.34. The molecule has 0 bridgehead atoms. The first-order chi connectivity index (χ1) is 13.5. The van der Waals surface area contributed by atoms with Gasteiger partial charge in [-0.1, -0.05) is 37.3 Å². The lowest BCUT2D eigenvalue weighted by Crippen LogP contribution is -2.52. The molecule has 1 saturated heterocycles. The smallest absolute Gasteiger partial charge is 0.234 e. The molecule has 1 saturated carbocycles. The van der Waals surface area contributed by atoms with Crippen molar-refractivity contribution in [1.82, 2.24) is 20.4 Å². The molecule has 0 spiro atoms. The van der Waals surface area contributed by atoms with Crippen LogP contribution in [0, 0.1) is 5.92 Å². The molecule has 154 valence electrons. The third kappa shape index (κ3) is 6.31. The Kier molecular flexibility index (Phi) is 7.45. The molecular weight excluding hydrogens is 352 g/mol. The first-order valence-corrected chi connectivity index (χ1v) is 10.6. The zero-order valence-electron chi connectivity index (χ0n) is 17.2. The van der Waals surface area contributed by atoms with E-state index in [0.717, 1.165) is 32.6 Å². The Bertz CT molecular complexity index is 639. The molecule has 1 heterocycles. The standard InChI is InChI=1S/C22H34N4O2/c1-3-17(2)23-20(27)15-25-11-13-26(14-12-25)16-21(28)24-22(19-9-10-19)18-7-5-4-6-8-18/h4-8,17,19,22H,3,9-16H2,1-2H3,(H,23,27)(H,24,28). The van der Waals surface area contributed by atoms with Crippen molar-refractivity contribution in [2.45, 2.75) is 45.2 Å². The molecule has 2 N–H and O–H groups in total. The maximum atomic E-state index is 12.6. The Labute approximate surface area is 168 Å².